The van der Waals surface area contributed by atoms with Crippen LogP contribution in [0.5, 0.6) is 0 Å². The summed E-state index contributed by atoms with van der Waals surface area (Å²) in [5.74, 6) is 0. The Balaban J connectivity index is 2.12. The first-order valence-corrected chi connectivity index (χ1v) is 6.20. The molecule has 0 aliphatic carbocycles. The molecule has 2 rings (SSSR count). The summed E-state index contributed by atoms with van der Waals surface area (Å²) < 4.78 is 5.33. The predicted molar refractivity (Wildman–Crippen MR) is 68.0 cm³/mol. The fourth-order valence-corrected chi connectivity index (χ4v) is 2.09. The molecule has 0 atom stereocenters. The molecule has 0 aromatic heterocycles. The van der Waals surface area contributed by atoms with Gasteiger partial charge in [0.05, 0.1) is 11.3 Å². The number of benzene rings is 1. The van der Waals surface area contributed by atoms with Crippen molar-refractivity contribution in [1.82, 2.24) is 0 Å². The van der Waals surface area contributed by atoms with Crippen LogP contribution in [0.25, 0.3) is 0 Å². The molecule has 0 radical (unpaired) electrons. The van der Waals surface area contributed by atoms with E-state index in [9.17, 15) is 0 Å². The SMILES string of the molecule is CCc1ccc(NC2CCOCC2)c(C#N)c1. The smallest absolute Gasteiger partial charge is 0.101 e. The van der Waals surface area contributed by atoms with Crippen molar-refractivity contribution in [3.05, 3.63) is 29.3 Å². The van der Waals surface area contributed by atoms with E-state index in [-0.39, 0.29) is 0 Å². The quantitative estimate of drug-likeness (QED) is 0.868. The van der Waals surface area contributed by atoms with Crippen molar-refractivity contribution in [3.8, 4) is 6.07 Å². The van der Waals surface area contributed by atoms with E-state index in [1.54, 1.807) is 0 Å². The second kappa shape index (κ2) is 5.70. The normalized spacial score (nSPS) is 16.5. The van der Waals surface area contributed by atoms with Crippen LogP contribution in [-0.4, -0.2) is 19.3 Å². The molecule has 0 spiro atoms. The van der Waals surface area contributed by atoms with Gasteiger partial charge < -0.3 is 10.1 Å². The lowest BCUT2D eigenvalue weighted by molar-refractivity contribution is 0.0904. The van der Waals surface area contributed by atoms with E-state index in [0.29, 0.717) is 6.04 Å². The third-order valence-electron chi connectivity index (χ3n) is 3.19. The van der Waals surface area contributed by atoms with Crippen LogP contribution in [0.4, 0.5) is 5.69 Å². The maximum Gasteiger partial charge on any atom is 0.101 e. The summed E-state index contributed by atoms with van der Waals surface area (Å²) in [5.41, 5.74) is 2.91. The Morgan fingerprint density at radius 1 is 1.41 bits per heavy atom. The Bertz CT molecular complexity index is 417. The standard InChI is InChI=1S/C14H18N2O/c1-2-11-3-4-14(12(9-11)10-15)16-13-5-7-17-8-6-13/h3-4,9,13,16H,2,5-8H2,1H3. The number of nitriles is 1. The lowest BCUT2D eigenvalue weighted by atomic mass is 10.0. The molecule has 1 saturated heterocycles. The number of hydrogen-bond donors (Lipinski definition) is 1. The molecule has 1 aromatic rings. The van der Waals surface area contributed by atoms with Gasteiger partial charge in [0.2, 0.25) is 0 Å². The second-order valence-corrected chi connectivity index (χ2v) is 4.38. The third kappa shape index (κ3) is 2.98. The summed E-state index contributed by atoms with van der Waals surface area (Å²) in [6.07, 6.45) is 2.99. The minimum Gasteiger partial charge on any atom is -0.381 e. The minimum absolute atomic E-state index is 0.434. The average Bonchev–Trinajstić information content (AvgIpc) is 2.40. The molecular weight excluding hydrogens is 212 g/mol. The van der Waals surface area contributed by atoms with Gasteiger partial charge in [-0.25, -0.2) is 0 Å². The monoisotopic (exact) mass is 230 g/mol. The molecule has 0 unspecified atom stereocenters. The van der Waals surface area contributed by atoms with Crippen molar-refractivity contribution in [1.29, 1.82) is 5.26 Å². The molecule has 1 fully saturated rings. The molecule has 0 bridgehead atoms. The van der Waals surface area contributed by atoms with Crippen molar-refractivity contribution in [3.63, 3.8) is 0 Å². The first-order chi connectivity index (χ1) is 8.33. The molecule has 90 valence electrons. The van der Waals surface area contributed by atoms with Gasteiger partial charge in [-0.2, -0.15) is 5.26 Å². The van der Waals surface area contributed by atoms with Gasteiger partial charge in [0.15, 0.2) is 0 Å². The molecule has 3 nitrogen and oxygen atoms in total. The molecule has 0 saturated carbocycles. The van der Waals surface area contributed by atoms with Crippen molar-refractivity contribution in [2.45, 2.75) is 32.2 Å². The molecular formula is C14H18N2O. The Morgan fingerprint density at radius 2 is 2.18 bits per heavy atom. The summed E-state index contributed by atoms with van der Waals surface area (Å²) in [7, 11) is 0. The molecule has 1 N–H and O–H groups in total. The Morgan fingerprint density at radius 3 is 2.82 bits per heavy atom. The highest BCUT2D eigenvalue weighted by Gasteiger charge is 2.14. The van der Waals surface area contributed by atoms with E-state index in [1.807, 2.05) is 12.1 Å². The summed E-state index contributed by atoms with van der Waals surface area (Å²) in [6, 6.07) is 8.78. The zero-order valence-corrected chi connectivity index (χ0v) is 10.2. The Labute approximate surface area is 102 Å². The van der Waals surface area contributed by atoms with E-state index in [4.69, 9.17) is 10.00 Å². The number of rotatable bonds is 3. The maximum absolute atomic E-state index is 9.15. The van der Waals surface area contributed by atoms with Crippen LogP contribution in [0.15, 0.2) is 18.2 Å². The maximum atomic E-state index is 9.15. The highest BCUT2D eigenvalue weighted by molar-refractivity contribution is 5.59. The molecule has 17 heavy (non-hydrogen) atoms. The van der Waals surface area contributed by atoms with Crippen LogP contribution in [0.3, 0.4) is 0 Å². The molecule has 1 heterocycles. The van der Waals surface area contributed by atoms with Crippen LogP contribution in [-0.2, 0) is 11.2 Å². The predicted octanol–water partition coefficient (Wildman–Crippen LogP) is 2.71. The number of aryl methyl sites for hydroxylation is 1. The lowest BCUT2D eigenvalue weighted by Crippen LogP contribution is -2.28. The number of hydrogen-bond acceptors (Lipinski definition) is 3. The van der Waals surface area contributed by atoms with Gasteiger partial charge in [0.1, 0.15) is 6.07 Å². The van der Waals surface area contributed by atoms with E-state index >= 15 is 0 Å². The van der Waals surface area contributed by atoms with Gasteiger partial charge in [-0.1, -0.05) is 13.0 Å². The van der Waals surface area contributed by atoms with Crippen LogP contribution < -0.4 is 5.32 Å². The molecule has 1 aromatic carbocycles. The highest BCUT2D eigenvalue weighted by Crippen LogP contribution is 2.20. The molecule has 1 aliphatic rings. The van der Waals surface area contributed by atoms with Crippen molar-refractivity contribution < 1.29 is 4.74 Å². The summed E-state index contributed by atoms with van der Waals surface area (Å²) in [6.45, 7) is 3.72. The lowest BCUT2D eigenvalue weighted by Gasteiger charge is -2.24. The first kappa shape index (κ1) is 11.9. The molecule has 3 heteroatoms. The largest absolute Gasteiger partial charge is 0.381 e. The summed E-state index contributed by atoms with van der Waals surface area (Å²) >= 11 is 0. The first-order valence-electron chi connectivity index (χ1n) is 6.20. The minimum atomic E-state index is 0.434. The van der Waals surface area contributed by atoms with Gasteiger partial charge in [0, 0.05) is 19.3 Å². The van der Waals surface area contributed by atoms with Crippen LogP contribution in [0, 0.1) is 11.3 Å². The summed E-state index contributed by atoms with van der Waals surface area (Å²) in [4.78, 5) is 0. The van der Waals surface area contributed by atoms with E-state index < -0.39 is 0 Å². The molecule has 1 aliphatic heterocycles. The summed E-state index contributed by atoms with van der Waals surface area (Å²) in [5, 5.41) is 12.6. The van der Waals surface area contributed by atoms with Gasteiger partial charge in [-0.05, 0) is 37.0 Å². The van der Waals surface area contributed by atoms with Crippen LogP contribution in [0.2, 0.25) is 0 Å². The van der Waals surface area contributed by atoms with Gasteiger partial charge in [-0.15, -0.1) is 0 Å². The molecule has 0 amide bonds. The Hall–Kier alpha value is -1.53. The van der Waals surface area contributed by atoms with E-state index in [0.717, 1.165) is 43.7 Å². The fraction of sp³-hybridized carbons (Fsp3) is 0.500. The van der Waals surface area contributed by atoms with Crippen molar-refractivity contribution in [2.24, 2.45) is 0 Å². The van der Waals surface area contributed by atoms with Crippen molar-refractivity contribution >= 4 is 5.69 Å². The zero-order chi connectivity index (χ0) is 12.1. The number of anilines is 1. The number of nitrogens with one attached hydrogen (secondary N) is 1. The highest BCUT2D eigenvalue weighted by atomic mass is 16.5. The van der Waals surface area contributed by atoms with Crippen LogP contribution >= 0.6 is 0 Å². The second-order valence-electron chi connectivity index (χ2n) is 4.38. The third-order valence-corrected chi connectivity index (χ3v) is 3.19. The van der Waals surface area contributed by atoms with Gasteiger partial charge in [-0.3, -0.25) is 0 Å². The van der Waals surface area contributed by atoms with E-state index in [1.165, 1.54) is 5.56 Å². The van der Waals surface area contributed by atoms with Gasteiger partial charge >= 0.3 is 0 Å². The number of ether oxygens (including phenoxy) is 1. The van der Waals surface area contributed by atoms with E-state index in [2.05, 4.69) is 24.4 Å². The number of nitrogens with zero attached hydrogens (tertiary/aromatic N) is 1. The van der Waals surface area contributed by atoms with Crippen LogP contribution in [0.1, 0.15) is 30.9 Å². The topological polar surface area (TPSA) is 45.0 Å². The van der Waals surface area contributed by atoms with Crippen molar-refractivity contribution in [2.75, 3.05) is 18.5 Å². The fourth-order valence-electron chi connectivity index (χ4n) is 2.09. The average molecular weight is 230 g/mol. The van der Waals surface area contributed by atoms with Gasteiger partial charge in [0.25, 0.3) is 0 Å². The zero-order valence-electron chi connectivity index (χ0n) is 10.2. The Kier molecular flexibility index (Phi) is 4.00.